The largest absolute Gasteiger partial charge is 0.469 e. The zero-order valence-corrected chi connectivity index (χ0v) is 16.3. The second-order valence-corrected chi connectivity index (χ2v) is 7.43. The number of amides is 2. The molecule has 0 radical (unpaired) electrons. The highest BCUT2D eigenvalue weighted by atomic mass is 32.1. The lowest BCUT2D eigenvalue weighted by molar-refractivity contribution is -0.140. The van der Waals surface area contributed by atoms with Crippen molar-refractivity contribution in [2.45, 2.75) is 12.8 Å². The Hall–Kier alpha value is -2.19. The Labute approximate surface area is 157 Å². The van der Waals surface area contributed by atoms with E-state index in [-0.39, 0.29) is 24.3 Å². The first kappa shape index (κ1) is 20.1. The highest BCUT2D eigenvalue weighted by Gasteiger charge is 2.27. The first-order valence-corrected chi connectivity index (χ1v) is 9.28. The number of hydrogen-bond donors (Lipinski definition) is 0. The molecule has 26 heavy (non-hydrogen) atoms. The van der Waals surface area contributed by atoms with Crippen molar-refractivity contribution in [2.24, 2.45) is 0 Å². The van der Waals surface area contributed by atoms with Crippen molar-refractivity contribution >= 4 is 34.1 Å². The van der Waals surface area contributed by atoms with Gasteiger partial charge in [-0.3, -0.25) is 14.4 Å². The molecule has 1 aliphatic rings. The molecule has 0 spiro atoms. The van der Waals surface area contributed by atoms with E-state index in [1.165, 1.54) is 24.5 Å². The Kier molecular flexibility index (Phi) is 7.35. The van der Waals surface area contributed by atoms with Crippen molar-refractivity contribution in [3.8, 4) is 0 Å². The van der Waals surface area contributed by atoms with Crippen LogP contribution >= 0.6 is 11.3 Å². The standard InChI is InChI=1S/C18H25N3O4S/c1-19(2)10-4-5-15(22)20-11-12-21(16(23)13-20)17-8-6-14(26-17)7-9-18(24)25-3/h4-6,8H,7,9-13H2,1-3H3/b5-4+. The number of thiophene rings is 1. The van der Waals surface area contributed by atoms with Crippen LogP contribution < -0.4 is 4.90 Å². The summed E-state index contributed by atoms with van der Waals surface area (Å²) in [6.07, 6.45) is 4.25. The molecule has 0 unspecified atom stereocenters. The van der Waals surface area contributed by atoms with Gasteiger partial charge in [-0.05, 0) is 32.6 Å². The molecule has 1 fully saturated rings. The highest BCUT2D eigenvalue weighted by molar-refractivity contribution is 7.16. The summed E-state index contributed by atoms with van der Waals surface area (Å²) >= 11 is 1.50. The number of hydrogen-bond acceptors (Lipinski definition) is 6. The van der Waals surface area contributed by atoms with Crippen molar-refractivity contribution in [3.05, 3.63) is 29.2 Å². The third kappa shape index (κ3) is 5.67. The van der Waals surface area contributed by atoms with E-state index in [1.807, 2.05) is 31.1 Å². The van der Waals surface area contributed by atoms with Crippen LogP contribution in [0.3, 0.4) is 0 Å². The van der Waals surface area contributed by atoms with Gasteiger partial charge < -0.3 is 19.4 Å². The van der Waals surface area contributed by atoms with E-state index in [9.17, 15) is 14.4 Å². The fourth-order valence-corrected chi connectivity index (χ4v) is 3.59. The third-order valence-electron chi connectivity index (χ3n) is 3.98. The van der Waals surface area contributed by atoms with E-state index in [2.05, 4.69) is 4.74 Å². The van der Waals surface area contributed by atoms with Gasteiger partial charge in [0.05, 0.1) is 18.5 Å². The number of aryl methyl sites for hydroxylation is 1. The minimum absolute atomic E-state index is 0.0839. The zero-order chi connectivity index (χ0) is 19.1. The van der Waals surface area contributed by atoms with Crippen LogP contribution in [0.25, 0.3) is 0 Å². The number of ether oxygens (including phenoxy) is 1. The molecule has 7 nitrogen and oxygen atoms in total. The third-order valence-corrected chi connectivity index (χ3v) is 5.15. The molecule has 1 aliphatic heterocycles. The molecule has 0 atom stereocenters. The Balaban J connectivity index is 1.89. The van der Waals surface area contributed by atoms with E-state index in [0.29, 0.717) is 32.5 Å². The summed E-state index contributed by atoms with van der Waals surface area (Å²) in [5.74, 6) is -0.470. The van der Waals surface area contributed by atoms with E-state index < -0.39 is 0 Å². The Bertz CT molecular complexity index is 684. The molecule has 0 aromatic carbocycles. The number of carbonyl (C=O) groups is 3. The van der Waals surface area contributed by atoms with Crippen LogP contribution in [-0.2, 0) is 25.5 Å². The maximum Gasteiger partial charge on any atom is 0.305 e. The van der Waals surface area contributed by atoms with Crippen molar-refractivity contribution in [2.75, 3.05) is 52.3 Å². The van der Waals surface area contributed by atoms with Crippen LogP contribution in [-0.4, -0.2) is 75.0 Å². The molecule has 2 rings (SSSR count). The number of nitrogens with zero attached hydrogens (tertiary/aromatic N) is 3. The molecular formula is C18H25N3O4S. The lowest BCUT2D eigenvalue weighted by Crippen LogP contribution is -2.51. The highest BCUT2D eigenvalue weighted by Crippen LogP contribution is 2.28. The van der Waals surface area contributed by atoms with Gasteiger partial charge in [-0.1, -0.05) is 6.08 Å². The van der Waals surface area contributed by atoms with Crippen LogP contribution in [0.2, 0.25) is 0 Å². The average Bonchev–Trinajstić information content (AvgIpc) is 3.07. The first-order chi connectivity index (χ1) is 12.4. The second-order valence-electron chi connectivity index (χ2n) is 6.29. The van der Waals surface area contributed by atoms with Crippen molar-refractivity contribution in [1.82, 2.24) is 9.80 Å². The quantitative estimate of drug-likeness (QED) is 0.525. The maximum atomic E-state index is 12.4. The molecule has 142 valence electrons. The van der Waals surface area contributed by atoms with Crippen LogP contribution in [0.1, 0.15) is 11.3 Å². The van der Waals surface area contributed by atoms with E-state index in [4.69, 9.17) is 0 Å². The predicted octanol–water partition coefficient (Wildman–Crippen LogP) is 1.15. The van der Waals surface area contributed by atoms with Crippen LogP contribution in [0.4, 0.5) is 5.00 Å². The lowest BCUT2D eigenvalue weighted by Gasteiger charge is -2.33. The van der Waals surface area contributed by atoms with Crippen molar-refractivity contribution < 1.29 is 19.1 Å². The van der Waals surface area contributed by atoms with E-state index in [0.717, 1.165) is 9.88 Å². The minimum Gasteiger partial charge on any atom is -0.469 e. The van der Waals surface area contributed by atoms with E-state index in [1.54, 1.807) is 15.9 Å². The van der Waals surface area contributed by atoms with Crippen LogP contribution in [0.15, 0.2) is 24.3 Å². The number of rotatable bonds is 7. The summed E-state index contributed by atoms with van der Waals surface area (Å²) < 4.78 is 4.64. The molecule has 0 aliphatic carbocycles. The summed E-state index contributed by atoms with van der Waals surface area (Å²) in [6.45, 7) is 1.75. The summed E-state index contributed by atoms with van der Waals surface area (Å²) in [5.41, 5.74) is 0. The SMILES string of the molecule is COC(=O)CCc1ccc(N2CCN(C(=O)/C=C/CN(C)C)CC2=O)s1. The Morgan fingerprint density at radius 3 is 2.73 bits per heavy atom. The topological polar surface area (TPSA) is 70.2 Å². The smallest absolute Gasteiger partial charge is 0.305 e. The fourth-order valence-electron chi connectivity index (χ4n) is 2.54. The first-order valence-electron chi connectivity index (χ1n) is 8.46. The van der Waals surface area contributed by atoms with Gasteiger partial charge in [-0.15, -0.1) is 11.3 Å². The number of likely N-dealkylation sites (N-methyl/N-ethyl adjacent to an activating group) is 1. The van der Waals surface area contributed by atoms with Gasteiger partial charge in [0.15, 0.2) is 0 Å². The van der Waals surface area contributed by atoms with Crippen molar-refractivity contribution in [3.63, 3.8) is 0 Å². The molecule has 2 heterocycles. The number of anilines is 1. The molecule has 1 aromatic heterocycles. The molecule has 0 saturated carbocycles. The predicted molar refractivity (Wildman–Crippen MR) is 101 cm³/mol. The van der Waals surface area contributed by atoms with Crippen LogP contribution in [0, 0.1) is 0 Å². The van der Waals surface area contributed by atoms with Gasteiger partial charge >= 0.3 is 5.97 Å². The molecule has 1 saturated heterocycles. The van der Waals surface area contributed by atoms with Gasteiger partial charge in [0.25, 0.3) is 0 Å². The van der Waals surface area contributed by atoms with Gasteiger partial charge in [0.2, 0.25) is 11.8 Å². The molecule has 8 heteroatoms. The lowest BCUT2D eigenvalue weighted by atomic mass is 10.2. The number of esters is 1. The van der Waals surface area contributed by atoms with E-state index >= 15 is 0 Å². The molecule has 0 bridgehead atoms. The Morgan fingerprint density at radius 1 is 1.31 bits per heavy atom. The molecular weight excluding hydrogens is 354 g/mol. The second kappa shape index (κ2) is 9.49. The normalized spacial score (nSPS) is 15.2. The summed E-state index contributed by atoms with van der Waals surface area (Å²) in [7, 11) is 5.23. The maximum absolute atomic E-state index is 12.4. The van der Waals surface area contributed by atoms with Gasteiger partial charge in [0.1, 0.15) is 6.54 Å². The van der Waals surface area contributed by atoms with Crippen molar-refractivity contribution in [1.29, 1.82) is 0 Å². The van der Waals surface area contributed by atoms with Gasteiger partial charge in [0, 0.05) is 30.6 Å². The monoisotopic (exact) mass is 379 g/mol. The van der Waals surface area contributed by atoms with Gasteiger partial charge in [-0.25, -0.2) is 0 Å². The summed E-state index contributed by atoms with van der Waals surface area (Å²) in [4.78, 5) is 42.1. The number of carbonyl (C=O) groups excluding carboxylic acids is 3. The molecule has 2 amide bonds. The Morgan fingerprint density at radius 2 is 2.08 bits per heavy atom. The minimum atomic E-state index is -0.245. The fraction of sp³-hybridized carbons (Fsp3) is 0.500. The number of methoxy groups -OCH3 is 1. The van der Waals surface area contributed by atoms with Crippen LogP contribution in [0.5, 0.6) is 0 Å². The zero-order valence-electron chi connectivity index (χ0n) is 15.4. The molecule has 0 N–H and O–H groups in total. The summed E-state index contributed by atoms with van der Waals surface area (Å²) in [5, 5.41) is 0.852. The average molecular weight is 379 g/mol. The van der Waals surface area contributed by atoms with Gasteiger partial charge in [-0.2, -0.15) is 0 Å². The summed E-state index contributed by atoms with van der Waals surface area (Å²) in [6, 6.07) is 3.82. The molecule has 1 aromatic rings. The number of piperazine rings is 1.